The van der Waals surface area contributed by atoms with Gasteiger partial charge in [0.15, 0.2) is 12.0 Å². The first-order valence-electron chi connectivity index (χ1n) is 13.1. The molecule has 2 aliphatic rings. The maximum Gasteiger partial charge on any atom is 0.416 e. The fraction of sp³-hybridized carbons (Fsp3) is 0.370. The second-order valence-electron chi connectivity index (χ2n) is 10.2. The lowest BCUT2D eigenvalue weighted by atomic mass is 9.85. The molecule has 1 aromatic carbocycles. The summed E-state index contributed by atoms with van der Waals surface area (Å²) < 4.78 is 67.5. The molecule has 1 unspecified atom stereocenters. The van der Waals surface area contributed by atoms with Crippen LogP contribution in [0.15, 0.2) is 61.1 Å². The van der Waals surface area contributed by atoms with Gasteiger partial charge in [-0.15, -0.1) is 0 Å². The van der Waals surface area contributed by atoms with E-state index in [0.717, 1.165) is 33.5 Å². The molecule has 1 spiro atoms. The average Bonchev–Trinajstić information content (AvgIpc) is 3.45. The lowest BCUT2D eigenvalue weighted by Gasteiger charge is -2.43. The first-order valence-corrected chi connectivity index (χ1v) is 13.1. The zero-order valence-electron chi connectivity index (χ0n) is 22.0. The Labute approximate surface area is 236 Å². The van der Waals surface area contributed by atoms with Gasteiger partial charge in [-0.2, -0.15) is 18.3 Å². The van der Waals surface area contributed by atoms with Crippen LogP contribution in [0.5, 0.6) is 0 Å². The Bertz CT molecular complexity index is 1590. The van der Waals surface area contributed by atoms with Crippen molar-refractivity contribution in [3.63, 3.8) is 0 Å². The molecule has 0 bridgehead atoms. The molecular formula is C27H25F5N8O2. The van der Waals surface area contributed by atoms with Gasteiger partial charge in [-0.25, -0.2) is 33.3 Å². The highest BCUT2D eigenvalue weighted by molar-refractivity contribution is 6.02. The summed E-state index contributed by atoms with van der Waals surface area (Å²) in [5, 5.41) is 15.4. The molecule has 42 heavy (non-hydrogen) atoms. The van der Waals surface area contributed by atoms with Crippen LogP contribution in [-0.2, 0) is 24.1 Å². The van der Waals surface area contributed by atoms with E-state index in [0.29, 0.717) is 11.3 Å². The van der Waals surface area contributed by atoms with Crippen LogP contribution in [0.3, 0.4) is 0 Å². The van der Waals surface area contributed by atoms with Gasteiger partial charge in [-0.05, 0) is 30.5 Å². The maximum absolute atomic E-state index is 14.1. The minimum absolute atomic E-state index is 0.155. The molecule has 6 rings (SSSR count). The minimum Gasteiger partial charge on any atom is -0.360 e. The molecule has 1 amide bonds. The fourth-order valence-corrected chi connectivity index (χ4v) is 5.64. The molecule has 15 heteroatoms. The molecule has 220 valence electrons. The number of fused-ring (bicyclic) bond motifs is 1. The van der Waals surface area contributed by atoms with Gasteiger partial charge in [-0.3, -0.25) is 9.69 Å². The van der Waals surface area contributed by atoms with E-state index >= 15 is 0 Å². The fourth-order valence-electron chi connectivity index (χ4n) is 5.64. The lowest BCUT2D eigenvalue weighted by Crippen LogP contribution is -2.57. The van der Waals surface area contributed by atoms with Gasteiger partial charge in [-0.1, -0.05) is 30.3 Å². The van der Waals surface area contributed by atoms with E-state index in [1.165, 1.54) is 12.4 Å². The second kappa shape index (κ2) is 10.5. The topological polar surface area (TPSA) is 104 Å². The van der Waals surface area contributed by atoms with Crippen LogP contribution in [0.2, 0.25) is 0 Å². The monoisotopic (exact) mass is 588 g/mol. The Morgan fingerprint density at radius 1 is 1.02 bits per heavy atom. The molecule has 2 aliphatic heterocycles. The van der Waals surface area contributed by atoms with Crippen LogP contribution >= 0.6 is 0 Å². The van der Waals surface area contributed by atoms with Crippen LogP contribution in [0, 0.1) is 0 Å². The molecule has 2 fully saturated rings. The summed E-state index contributed by atoms with van der Waals surface area (Å²) in [6.07, 6.45) is -4.65. The summed E-state index contributed by atoms with van der Waals surface area (Å²) in [4.78, 5) is 31.2. The Morgan fingerprint density at radius 2 is 1.76 bits per heavy atom. The highest BCUT2D eigenvalue weighted by Crippen LogP contribution is 2.43. The predicted octanol–water partition coefficient (Wildman–Crippen LogP) is 3.67. The molecule has 1 N–H and O–H groups in total. The number of aliphatic hydroxyl groups is 1. The van der Waals surface area contributed by atoms with Crippen molar-refractivity contribution in [2.45, 2.75) is 50.4 Å². The third-order valence-corrected chi connectivity index (χ3v) is 7.75. The van der Waals surface area contributed by atoms with Gasteiger partial charge in [0.25, 0.3) is 12.3 Å². The zero-order valence-corrected chi connectivity index (χ0v) is 22.0. The maximum atomic E-state index is 14.1. The molecule has 0 saturated carbocycles. The number of carbonyl (C=O) groups is 1. The van der Waals surface area contributed by atoms with E-state index in [-0.39, 0.29) is 43.9 Å². The normalized spacial score (nSPS) is 19.5. The van der Waals surface area contributed by atoms with Gasteiger partial charge < -0.3 is 10.0 Å². The molecule has 3 aromatic heterocycles. The zero-order chi connectivity index (χ0) is 29.6. The summed E-state index contributed by atoms with van der Waals surface area (Å²) in [6, 6.07) is 10.7. The predicted molar refractivity (Wildman–Crippen MR) is 140 cm³/mol. The Morgan fingerprint density at radius 3 is 2.45 bits per heavy atom. The number of pyridine rings is 1. The third-order valence-electron chi connectivity index (χ3n) is 7.75. The average molecular weight is 589 g/mol. The van der Waals surface area contributed by atoms with Crippen molar-refractivity contribution in [3.05, 3.63) is 72.2 Å². The van der Waals surface area contributed by atoms with E-state index in [1.54, 1.807) is 4.90 Å². The van der Waals surface area contributed by atoms with Crippen LogP contribution in [-0.4, -0.2) is 72.1 Å². The molecule has 10 nitrogen and oxygen atoms in total. The number of hydrogen-bond acceptors (Lipinski definition) is 8. The third kappa shape index (κ3) is 4.91. The van der Waals surface area contributed by atoms with Crippen LogP contribution in [0.1, 0.15) is 24.0 Å². The van der Waals surface area contributed by atoms with Crippen molar-refractivity contribution >= 4 is 28.7 Å². The second-order valence-corrected chi connectivity index (χ2v) is 10.2. The summed E-state index contributed by atoms with van der Waals surface area (Å²) in [6.45, 7) is 0.0698. The summed E-state index contributed by atoms with van der Waals surface area (Å²) >= 11 is 0. The van der Waals surface area contributed by atoms with Gasteiger partial charge in [0.2, 0.25) is 0 Å². The molecule has 0 aliphatic carbocycles. The molecule has 4 aromatic rings. The number of alkyl halides is 5. The number of aromatic nitrogens is 5. The van der Waals surface area contributed by atoms with E-state index in [1.807, 2.05) is 35.2 Å². The lowest BCUT2D eigenvalue weighted by molar-refractivity contribution is -0.137. The Kier molecular flexibility index (Phi) is 7.01. The summed E-state index contributed by atoms with van der Waals surface area (Å²) in [5.74, 6) is -0.456. The number of nitrogens with zero attached hydrogens (tertiary/aromatic N) is 8. The molecule has 5 heterocycles. The Hall–Kier alpha value is -4.24. The van der Waals surface area contributed by atoms with Crippen molar-refractivity contribution in [3.8, 4) is 0 Å². The van der Waals surface area contributed by atoms with E-state index in [4.69, 9.17) is 0 Å². The molecule has 1 atom stereocenters. The number of piperidine rings is 1. The summed E-state index contributed by atoms with van der Waals surface area (Å²) in [7, 11) is 0. The number of hydrogen-bond donors (Lipinski definition) is 1. The van der Waals surface area contributed by atoms with Crippen molar-refractivity contribution in [1.29, 1.82) is 0 Å². The number of rotatable bonds is 6. The quantitative estimate of drug-likeness (QED) is 0.341. The van der Waals surface area contributed by atoms with Crippen LogP contribution < -0.4 is 9.80 Å². The number of anilines is 2. The van der Waals surface area contributed by atoms with Crippen molar-refractivity contribution in [1.82, 2.24) is 29.6 Å². The van der Waals surface area contributed by atoms with E-state index < -0.39 is 42.5 Å². The Balaban J connectivity index is 1.31. The molecular weight excluding hydrogens is 563 g/mol. The van der Waals surface area contributed by atoms with Gasteiger partial charge in [0.05, 0.1) is 18.0 Å². The summed E-state index contributed by atoms with van der Waals surface area (Å²) in [5.41, 5.74) is -0.879. The first-order chi connectivity index (χ1) is 20.1. The van der Waals surface area contributed by atoms with Gasteiger partial charge >= 0.3 is 6.18 Å². The number of benzene rings is 1. The number of carbonyl (C=O) groups excluding carboxylic acids is 1. The first kappa shape index (κ1) is 27.9. The van der Waals surface area contributed by atoms with Crippen LogP contribution in [0.25, 0.3) is 11.2 Å². The smallest absolute Gasteiger partial charge is 0.360 e. The van der Waals surface area contributed by atoms with Crippen molar-refractivity contribution < 1.29 is 31.9 Å². The minimum atomic E-state index is -4.66. The number of aliphatic hydroxyl groups excluding tert-OH is 1. The largest absolute Gasteiger partial charge is 0.416 e. The SMILES string of the molecule is O=C1N(c2cc(C(F)(F)F)ccn2)C(O)N(Cc2ccccc2)C12CCN(c1cnc3cnn(CC(F)F)c3n1)CC2. The standard InChI is InChI=1S/C27H25F5N8O2/c28-20(29)16-39-23-19(13-35-39)34-14-22(36-23)37-10-7-26(8-11-37)24(41)40(21-12-18(6-9-33-21)27(30,31)32)25(42)38(26)15-17-4-2-1-3-5-17/h1-6,9,12-14,20,25,42H,7-8,10-11,15-16H2. The molecule has 0 radical (unpaired) electrons. The molecule has 2 saturated heterocycles. The van der Waals surface area contributed by atoms with E-state index in [9.17, 15) is 31.9 Å². The highest BCUT2D eigenvalue weighted by Gasteiger charge is 2.59. The van der Waals surface area contributed by atoms with Crippen LogP contribution in [0.4, 0.5) is 33.6 Å². The number of amides is 1. The van der Waals surface area contributed by atoms with Gasteiger partial charge in [0, 0.05) is 25.8 Å². The van der Waals surface area contributed by atoms with Crippen molar-refractivity contribution in [2.75, 3.05) is 22.9 Å². The number of halogens is 5. The van der Waals surface area contributed by atoms with Gasteiger partial charge in [0.1, 0.15) is 29.2 Å². The highest BCUT2D eigenvalue weighted by atomic mass is 19.4. The van der Waals surface area contributed by atoms with E-state index in [2.05, 4.69) is 20.1 Å². The van der Waals surface area contributed by atoms with Crippen molar-refractivity contribution in [2.24, 2.45) is 0 Å².